The molecule has 0 aliphatic heterocycles. The Morgan fingerprint density at radius 3 is 2.39 bits per heavy atom. The predicted octanol–water partition coefficient (Wildman–Crippen LogP) is 2.85. The highest BCUT2D eigenvalue weighted by molar-refractivity contribution is 5.78. The number of hydrogen-bond acceptors (Lipinski definition) is 3. The first-order valence-corrected chi connectivity index (χ1v) is 9.68. The molecule has 0 saturated carbocycles. The molecular formula is C21H25N5O2. The predicted molar refractivity (Wildman–Crippen MR) is 111 cm³/mol. The Kier molecular flexibility index (Phi) is 4.45. The van der Waals surface area contributed by atoms with Crippen LogP contribution in [0.15, 0.2) is 40.1 Å². The Morgan fingerprint density at radius 1 is 1.00 bits per heavy atom. The molecule has 0 aliphatic rings. The summed E-state index contributed by atoms with van der Waals surface area (Å²) in [4.78, 5) is 29.8. The third-order valence-electron chi connectivity index (χ3n) is 5.39. The van der Waals surface area contributed by atoms with E-state index >= 15 is 0 Å². The number of fused-ring (bicyclic) bond motifs is 3. The van der Waals surface area contributed by atoms with Gasteiger partial charge in [-0.15, -0.1) is 0 Å². The van der Waals surface area contributed by atoms with E-state index in [1.54, 1.807) is 7.05 Å². The van der Waals surface area contributed by atoms with Crippen LogP contribution in [0.1, 0.15) is 31.7 Å². The molecule has 0 saturated heterocycles. The summed E-state index contributed by atoms with van der Waals surface area (Å²) in [7, 11) is 3.15. The number of aryl methyl sites for hydroxylation is 3. The zero-order chi connectivity index (χ0) is 20.0. The Morgan fingerprint density at radius 2 is 1.71 bits per heavy atom. The second-order valence-electron chi connectivity index (χ2n) is 7.40. The number of imidazole rings is 2. The number of aromatic nitrogens is 5. The smallest absolute Gasteiger partial charge is 0.310 e. The first-order valence-electron chi connectivity index (χ1n) is 9.68. The number of nitrogens with zero attached hydrogens (tertiary/aromatic N) is 5. The van der Waals surface area contributed by atoms with Gasteiger partial charge in [-0.05, 0) is 18.9 Å². The van der Waals surface area contributed by atoms with Crippen molar-refractivity contribution in [3.8, 4) is 11.3 Å². The molecule has 1 aromatic carbocycles. The molecule has 0 atom stereocenters. The van der Waals surface area contributed by atoms with Crippen LogP contribution < -0.4 is 11.2 Å². The van der Waals surface area contributed by atoms with Crippen molar-refractivity contribution < 1.29 is 0 Å². The Balaban J connectivity index is 2.04. The SMILES string of the molecule is CCCCCn1c(-c2ccc(C)cc2)cn2c3c(=O)n(C)c(=O)n(C)c3nc12. The van der Waals surface area contributed by atoms with Crippen molar-refractivity contribution in [1.29, 1.82) is 0 Å². The van der Waals surface area contributed by atoms with Crippen molar-refractivity contribution in [2.45, 2.75) is 39.7 Å². The van der Waals surface area contributed by atoms with Crippen LogP contribution in [0.25, 0.3) is 28.2 Å². The molecule has 0 fully saturated rings. The summed E-state index contributed by atoms with van der Waals surface area (Å²) in [6.45, 7) is 5.05. The molecule has 7 nitrogen and oxygen atoms in total. The summed E-state index contributed by atoms with van der Waals surface area (Å²) >= 11 is 0. The summed E-state index contributed by atoms with van der Waals surface area (Å²) < 4.78 is 6.56. The van der Waals surface area contributed by atoms with Gasteiger partial charge in [-0.1, -0.05) is 49.6 Å². The van der Waals surface area contributed by atoms with Crippen LogP contribution in [-0.2, 0) is 20.6 Å². The summed E-state index contributed by atoms with van der Waals surface area (Å²) in [5, 5.41) is 0. The van der Waals surface area contributed by atoms with Gasteiger partial charge in [0.15, 0.2) is 11.2 Å². The number of unbranched alkanes of at least 4 members (excludes halogenated alkanes) is 2. The quantitative estimate of drug-likeness (QED) is 0.501. The topological polar surface area (TPSA) is 66.2 Å². The van der Waals surface area contributed by atoms with Crippen LogP contribution in [0.3, 0.4) is 0 Å². The van der Waals surface area contributed by atoms with Crippen LogP contribution in [-0.4, -0.2) is 23.1 Å². The van der Waals surface area contributed by atoms with E-state index in [1.165, 1.54) is 17.2 Å². The maximum Gasteiger partial charge on any atom is 0.332 e. The average Bonchev–Trinajstić information content (AvgIpc) is 3.22. The van der Waals surface area contributed by atoms with Crippen molar-refractivity contribution in [2.24, 2.45) is 14.1 Å². The molecule has 7 heteroatoms. The van der Waals surface area contributed by atoms with E-state index in [0.29, 0.717) is 16.9 Å². The molecule has 0 spiro atoms. The highest BCUT2D eigenvalue weighted by atomic mass is 16.2. The van der Waals surface area contributed by atoms with Crippen molar-refractivity contribution in [1.82, 2.24) is 23.1 Å². The minimum atomic E-state index is -0.366. The fourth-order valence-corrected chi connectivity index (χ4v) is 3.71. The van der Waals surface area contributed by atoms with Gasteiger partial charge < -0.3 is 4.57 Å². The first kappa shape index (κ1) is 18.3. The summed E-state index contributed by atoms with van der Waals surface area (Å²) in [5.74, 6) is 0.694. The van der Waals surface area contributed by atoms with Crippen molar-refractivity contribution in [2.75, 3.05) is 0 Å². The number of benzene rings is 1. The summed E-state index contributed by atoms with van der Waals surface area (Å²) in [6, 6.07) is 8.36. The highest BCUT2D eigenvalue weighted by Gasteiger charge is 2.20. The van der Waals surface area contributed by atoms with Gasteiger partial charge in [-0.2, -0.15) is 4.98 Å². The minimum Gasteiger partial charge on any atom is -0.310 e. The lowest BCUT2D eigenvalue weighted by Gasteiger charge is -2.09. The Hall–Kier alpha value is -3.09. The molecule has 28 heavy (non-hydrogen) atoms. The molecule has 4 rings (SSSR count). The van der Waals surface area contributed by atoms with Gasteiger partial charge >= 0.3 is 5.69 Å². The average molecular weight is 379 g/mol. The monoisotopic (exact) mass is 379 g/mol. The second-order valence-corrected chi connectivity index (χ2v) is 7.40. The molecule has 4 aromatic rings. The zero-order valence-electron chi connectivity index (χ0n) is 16.8. The van der Waals surface area contributed by atoms with Crippen LogP contribution in [0.4, 0.5) is 0 Å². The molecule has 0 radical (unpaired) electrons. The first-order chi connectivity index (χ1) is 13.4. The van der Waals surface area contributed by atoms with E-state index in [-0.39, 0.29) is 11.2 Å². The highest BCUT2D eigenvalue weighted by Crippen LogP contribution is 2.26. The third kappa shape index (κ3) is 2.69. The normalized spacial score (nSPS) is 11.7. The lowest BCUT2D eigenvalue weighted by atomic mass is 10.1. The molecule has 0 aliphatic carbocycles. The lowest BCUT2D eigenvalue weighted by molar-refractivity contribution is 0.615. The molecular weight excluding hydrogens is 354 g/mol. The van der Waals surface area contributed by atoms with Gasteiger partial charge in [0.2, 0.25) is 5.78 Å². The Labute approximate surface area is 162 Å². The number of hydrogen-bond donors (Lipinski definition) is 0. The van der Waals surface area contributed by atoms with Crippen molar-refractivity contribution in [3.63, 3.8) is 0 Å². The van der Waals surface area contributed by atoms with Gasteiger partial charge in [-0.3, -0.25) is 18.3 Å². The van der Waals surface area contributed by atoms with Crippen LogP contribution in [0.5, 0.6) is 0 Å². The molecule has 3 heterocycles. The van der Waals surface area contributed by atoms with Gasteiger partial charge in [0.05, 0.1) is 5.69 Å². The largest absolute Gasteiger partial charge is 0.332 e. The summed E-state index contributed by atoms with van der Waals surface area (Å²) in [6.07, 6.45) is 5.24. The fourth-order valence-electron chi connectivity index (χ4n) is 3.71. The van der Waals surface area contributed by atoms with Crippen molar-refractivity contribution in [3.05, 3.63) is 56.9 Å². The maximum absolute atomic E-state index is 12.8. The second kappa shape index (κ2) is 6.82. The lowest BCUT2D eigenvalue weighted by Crippen LogP contribution is -2.37. The maximum atomic E-state index is 12.8. The van der Waals surface area contributed by atoms with E-state index in [0.717, 1.165) is 41.6 Å². The van der Waals surface area contributed by atoms with E-state index in [2.05, 4.69) is 42.7 Å². The van der Waals surface area contributed by atoms with Crippen LogP contribution >= 0.6 is 0 Å². The van der Waals surface area contributed by atoms with Gasteiger partial charge in [0.25, 0.3) is 5.56 Å². The number of rotatable bonds is 5. The third-order valence-corrected chi connectivity index (χ3v) is 5.39. The van der Waals surface area contributed by atoms with E-state index in [9.17, 15) is 9.59 Å². The van der Waals surface area contributed by atoms with Crippen LogP contribution in [0, 0.1) is 6.92 Å². The van der Waals surface area contributed by atoms with Gasteiger partial charge in [0.1, 0.15) is 0 Å². The molecule has 0 unspecified atom stereocenters. The van der Waals surface area contributed by atoms with Gasteiger partial charge in [0, 0.05) is 26.8 Å². The molecule has 0 N–H and O–H groups in total. The fraction of sp³-hybridized carbons (Fsp3) is 0.381. The van der Waals surface area contributed by atoms with E-state index < -0.39 is 0 Å². The summed E-state index contributed by atoms with van der Waals surface area (Å²) in [5.41, 5.74) is 3.47. The Bertz CT molecular complexity index is 1290. The molecule has 0 bridgehead atoms. The molecule has 146 valence electrons. The minimum absolute atomic E-state index is 0.327. The van der Waals surface area contributed by atoms with Crippen LogP contribution in [0.2, 0.25) is 0 Å². The van der Waals surface area contributed by atoms with Gasteiger partial charge in [-0.25, -0.2) is 4.79 Å². The van der Waals surface area contributed by atoms with Crippen molar-refractivity contribution >= 4 is 16.9 Å². The standard InChI is InChI=1S/C21H25N5O2/c1-5-6-7-12-25-16(15-10-8-14(2)9-11-15)13-26-17-18(22-20(25)26)23(3)21(28)24(4)19(17)27/h8-11,13H,5-7,12H2,1-4H3. The molecule has 0 amide bonds. The van der Waals surface area contributed by atoms with E-state index in [1.807, 2.05) is 10.6 Å². The van der Waals surface area contributed by atoms with E-state index in [4.69, 9.17) is 4.98 Å². The molecule has 3 aromatic heterocycles. The zero-order valence-corrected chi connectivity index (χ0v) is 16.8.